The molecule has 0 aliphatic heterocycles. The molecule has 0 radical (unpaired) electrons. The van der Waals surface area contributed by atoms with Gasteiger partial charge >= 0.3 is 0 Å². The zero-order valence-corrected chi connectivity index (χ0v) is 10.3. The Labute approximate surface area is 101 Å². The Morgan fingerprint density at radius 2 is 2.18 bits per heavy atom. The summed E-state index contributed by atoms with van der Waals surface area (Å²) in [5.74, 6) is 0.852. The van der Waals surface area contributed by atoms with Gasteiger partial charge in [0.2, 0.25) is 0 Å². The number of carbonyl (C=O) groups excluding carboxylic acids is 1. The Kier molecular flexibility index (Phi) is 3.20. The van der Waals surface area contributed by atoms with Gasteiger partial charge in [0.15, 0.2) is 5.78 Å². The molecule has 3 heteroatoms. The van der Waals surface area contributed by atoms with E-state index in [-0.39, 0.29) is 12.4 Å². The topological polar surface area (TPSA) is 46.5 Å². The van der Waals surface area contributed by atoms with Crippen molar-refractivity contribution >= 4 is 5.78 Å². The lowest BCUT2D eigenvalue weighted by molar-refractivity contribution is 0.0348. The largest absolute Gasteiger partial charge is 0.496 e. The van der Waals surface area contributed by atoms with E-state index in [0.29, 0.717) is 5.56 Å². The van der Waals surface area contributed by atoms with Crippen molar-refractivity contribution in [2.75, 3.05) is 13.7 Å². The SMILES string of the molecule is COc1ccc(C(=O)C2(CO)CCC2)cc1C. The van der Waals surface area contributed by atoms with Crippen molar-refractivity contribution in [1.29, 1.82) is 0 Å². The maximum Gasteiger partial charge on any atom is 0.171 e. The van der Waals surface area contributed by atoms with Crippen LogP contribution < -0.4 is 4.74 Å². The van der Waals surface area contributed by atoms with Crippen molar-refractivity contribution in [1.82, 2.24) is 0 Å². The van der Waals surface area contributed by atoms with Crippen molar-refractivity contribution in [3.8, 4) is 5.75 Å². The maximum absolute atomic E-state index is 12.3. The monoisotopic (exact) mass is 234 g/mol. The molecule has 1 aliphatic rings. The third kappa shape index (κ3) is 1.95. The minimum absolute atomic E-state index is 0.0447. The van der Waals surface area contributed by atoms with E-state index in [9.17, 15) is 9.90 Å². The first-order valence-electron chi connectivity index (χ1n) is 5.93. The van der Waals surface area contributed by atoms with Crippen molar-refractivity contribution in [3.63, 3.8) is 0 Å². The Morgan fingerprint density at radius 3 is 2.59 bits per heavy atom. The molecule has 0 heterocycles. The second-order valence-electron chi connectivity index (χ2n) is 4.81. The molecule has 0 spiro atoms. The third-order valence-electron chi connectivity index (χ3n) is 3.75. The predicted octanol–water partition coefficient (Wildman–Crippen LogP) is 2.35. The van der Waals surface area contributed by atoms with Gasteiger partial charge in [-0.25, -0.2) is 0 Å². The molecule has 0 amide bonds. The minimum Gasteiger partial charge on any atom is -0.496 e. The first-order valence-corrected chi connectivity index (χ1v) is 5.93. The number of aliphatic hydroxyl groups excluding tert-OH is 1. The molecule has 0 bridgehead atoms. The van der Waals surface area contributed by atoms with Crippen LogP contribution in [0.3, 0.4) is 0 Å². The standard InChI is InChI=1S/C14H18O3/c1-10-8-11(4-5-12(10)17-2)13(16)14(9-15)6-3-7-14/h4-5,8,15H,3,6-7,9H2,1-2H3. The molecule has 1 aromatic carbocycles. The number of rotatable bonds is 4. The fourth-order valence-corrected chi connectivity index (χ4v) is 2.39. The molecule has 1 aromatic rings. The van der Waals surface area contributed by atoms with E-state index in [1.165, 1.54) is 0 Å². The molecule has 0 aromatic heterocycles. The van der Waals surface area contributed by atoms with Crippen molar-refractivity contribution in [2.24, 2.45) is 5.41 Å². The molecule has 0 saturated heterocycles. The first kappa shape index (κ1) is 12.1. The molecular weight excluding hydrogens is 216 g/mol. The normalized spacial score (nSPS) is 17.4. The van der Waals surface area contributed by atoms with Gasteiger partial charge in [-0.2, -0.15) is 0 Å². The van der Waals surface area contributed by atoms with Crippen LogP contribution >= 0.6 is 0 Å². The fourth-order valence-electron chi connectivity index (χ4n) is 2.39. The quantitative estimate of drug-likeness (QED) is 0.813. The highest BCUT2D eigenvalue weighted by atomic mass is 16.5. The van der Waals surface area contributed by atoms with Crippen LogP contribution in [0.4, 0.5) is 0 Å². The van der Waals surface area contributed by atoms with Gasteiger partial charge in [-0.05, 0) is 43.5 Å². The smallest absolute Gasteiger partial charge is 0.171 e. The van der Waals surface area contributed by atoms with E-state index in [2.05, 4.69) is 0 Å². The summed E-state index contributed by atoms with van der Waals surface area (Å²) in [4.78, 5) is 12.3. The van der Waals surface area contributed by atoms with Gasteiger partial charge in [-0.3, -0.25) is 4.79 Å². The molecule has 0 unspecified atom stereocenters. The number of ketones is 1. The van der Waals surface area contributed by atoms with Crippen LogP contribution in [0.5, 0.6) is 5.75 Å². The lowest BCUT2D eigenvalue weighted by atomic mass is 9.65. The van der Waals surface area contributed by atoms with E-state index < -0.39 is 5.41 Å². The van der Waals surface area contributed by atoms with Gasteiger partial charge in [-0.15, -0.1) is 0 Å². The van der Waals surface area contributed by atoms with Crippen molar-refractivity contribution in [2.45, 2.75) is 26.2 Å². The second kappa shape index (κ2) is 4.49. The number of ether oxygens (including phenoxy) is 1. The summed E-state index contributed by atoms with van der Waals surface area (Å²) < 4.78 is 5.17. The number of hydrogen-bond donors (Lipinski definition) is 1. The van der Waals surface area contributed by atoms with Crippen molar-refractivity contribution in [3.05, 3.63) is 29.3 Å². The summed E-state index contributed by atoms with van der Waals surface area (Å²) in [7, 11) is 1.62. The van der Waals surface area contributed by atoms with E-state index >= 15 is 0 Å². The van der Waals surface area contributed by atoms with Crippen LogP contribution in [0, 0.1) is 12.3 Å². The molecule has 1 saturated carbocycles. The molecule has 1 N–H and O–H groups in total. The van der Waals surface area contributed by atoms with Crippen LogP contribution in [0.2, 0.25) is 0 Å². The van der Waals surface area contributed by atoms with E-state index in [4.69, 9.17) is 4.74 Å². The molecule has 92 valence electrons. The predicted molar refractivity (Wildman–Crippen MR) is 65.4 cm³/mol. The number of Topliss-reactive ketones (excluding diaryl/α,β-unsaturated/α-hetero) is 1. The number of hydrogen-bond acceptors (Lipinski definition) is 3. The lowest BCUT2D eigenvalue weighted by Crippen LogP contribution is -2.41. The number of aryl methyl sites for hydroxylation is 1. The van der Waals surface area contributed by atoms with E-state index in [1.54, 1.807) is 13.2 Å². The zero-order valence-electron chi connectivity index (χ0n) is 10.3. The highest BCUT2D eigenvalue weighted by molar-refractivity contribution is 6.01. The summed E-state index contributed by atoms with van der Waals surface area (Å²) in [5, 5.41) is 9.39. The number of carbonyl (C=O) groups is 1. The van der Waals surface area contributed by atoms with E-state index in [1.807, 2.05) is 19.1 Å². The Balaban J connectivity index is 2.28. The highest BCUT2D eigenvalue weighted by Crippen LogP contribution is 2.43. The third-order valence-corrected chi connectivity index (χ3v) is 3.75. The van der Waals surface area contributed by atoms with Gasteiger partial charge in [0, 0.05) is 5.56 Å². The molecule has 0 atom stereocenters. The zero-order chi connectivity index (χ0) is 12.5. The van der Waals surface area contributed by atoms with Gasteiger partial charge in [0.1, 0.15) is 5.75 Å². The minimum atomic E-state index is -0.513. The van der Waals surface area contributed by atoms with Crippen LogP contribution in [-0.2, 0) is 0 Å². The Hall–Kier alpha value is -1.35. The fraction of sp³-hybridized carbons (Fsp3) is 0.500. The number of methoxy groups -OCH3 is 1. The van der Waals surface area contributed by atoms with Gasteiger partial charge in [0.25, 0.3) is 0 Å². The molecule has 17 heavy (non-hydrogen) atoms. The highest BCUT2D eigenvalue weighted by Gasteiger charge is 2.43. The van der Waals surface area contributed by atoms with Gasteiger partial charge in [0.05, 0.1) is 19.1 Å². The Bertz CT molecular complexity index is 428. The summed E-state index contributed by atoms with van der Waals surface area (Å²) >= 11 is 0. The second-order valence-corrected chi connectivity index (χ2v) is 4.81. The average molecular weight is 234 g/mol. The molecule has 1 aliphatic carbocycles. The maximum atomic E-state index is 12.3. The number of aliphatic hydroxyl groups is 1. The molecular formula is C14H18O3. The molecule has 1 fully saturated rings. The van der Waals surface area contributed by atoms with Gasteiger partial charge in [-0.1, -0.05) is 6.42 Å². The molecule has 3 nitrogen and oxygen atoms in total. The van der Waals surface area contributed by atoms with Crippen molar-refractivity contribution < 1.29 is 14.6 Å². The van der Waals surface area contributed by atoms with Gasteiger partial charge < -0.3 is 9.84 Å². The summed E-state index contributed by atoms with van der Waals surface area (Å²) in [6.07, 6.45) is 2.63. The van der Waals surface area contributed by atoms with Crippen LogP contribution in [0.1, 0.15) is 35.2 Å². The van der Waals surface area contributed by atoms with Crippen LogP contribution in [0.25, 0.3) is 0 Å². The Morgan fingerprint density at radius 1 is 1.47 bits per heavy atom. The van der Waals surface area contributed by atoms with Crippen LogP contribution in [0.15, 0.2) is 18.2 Å². The van der Waals surface area contributed by atoms with Crippen LogP contribution in [-0.4, -0.2) is 24.6 Å². The first-order chi connectivity index (χ1) is 8.13. The summed E-state index contributed by atoms with van der Waals surface area (Å²) in [5.41, 5.74) is 1.11. The number of benzene rings is 1. The van der Waals surface area contributed by atoms with E-state index in [0.717, 1.165) is 30.6 Å². The average Bonchev–Trinajstić information content (AvgIpc) is 2.28. The molecule has 2 rings (SSSR count). The summed E-state index contributed by atoms with van der Waals surface area (Å²) in [6, 6.07) is 5.44. The lowest BCUT2D eigenvalue weighted by Gasteiger charge is -2.38. The summed E-state index contributed by atoms with van der Waals surface area (Å²) in [6.45, 7) is 1.87.